The summed E-state index contributed by atoms with van der Waals surface area (Å²) in [6, 6.07) is 23.8. The third-order valence-electron chi connectivity index (χ3n) is 4.59. The molecule has 0 atom stereocenters. The highest BCUT2D eigenvalue weighted by Crippen LogP contribution is 2.36. The van der Waals surface area contributed by atoms with Gasteiger partial charge in [-0.15, -0.1) is 0 Å². The number of hydrogen-bond acceptors (Lipinski definition) is 0. The first kappa shape index (κ1) is 13.8. The molecule has 4 rings (SSSR count). The van der Waals surface area contributed by atoms with E-state index < -0.39 is 0 Å². The normalized spacial score (nSPS) is 11.0. The van der Waals surface area contributed by atoms with Crippen LogP contribution in [0.5, 0.6) is 0 Å². The number of aromatic nitrogens is 1. The number of benzene rings is 3. The SMILES string of the molecule is Cc1ccccc1-c1ccc(-c2ccccc2C)c2[nH]ccc12. The van der Waals surface area contributed by atoms with Crippen LogP contribution in [0.1, 0.15) is 11.1 Å². The number of hydrogen-bond donors (Lipinski definition) is 1. The minimum atomic E-state index is 1.21. The lowest BCUT2D eigenvalue weighted by molar-refractivity contribution is 1.43. The molecular formula is C22H19N. The highest BCUT2D eigenvalue weighted by molar-refractivity contribution is 6.03. The highest BCUT2D eigenvalue weighted by Gasteiger charge is 2.12. The molecule has 112 valence electrons. The highest BCUT2D eigenvalue weighted by atomic mass is 14.7. The summed E-state index contributed by atoms with van der Waals surface area (Å²) in [4.78, 5) is 3.44. The molecule has 4 aromatic rings. The van der Waals surface area contributed by atoms with Gasteiger partial charge in [-0.3, -0.25) is 0 Å². The van der Waals surface area contributed by atoms with Gasteiger partial charge in [-0.25, -0.2) is 0 Å². The van der Waals surface area contributed by atoms with Crippen molar-refractivity contribution in [2.75, 3.05) is 0 Å². The lowest BCUT2D eigenvalue weighted by atomic mass is 9.92. The monoisotopic (exact) mass is 297 g/mol. The molecule has 0 saturated carbocycles. The first-order valence-corrected chi connectivity index (χ1v) is 7.98. The molecule has 1 heteroatoms. The molecule has 1 heterocycles. The standard InChI is InChI=1S/C22H19N/c1-15-7-3-5-9-17(15)19-11-12-20(22-21(19)13-14-23-22)18-10-6-4-8-16(18)2/h3-14,23H,1-2H3. The van der Waals surface area contributed by atoms with Crippen LogP contribution in [0.4, 0.5) is 0 Å². The van der Waals surface area contributed by atoms with Crippen LogP contribution < -0.4 is 0 Å². The zero-order chi connectivity index (χ0) is 15.8. The molecular weight excluding hydrogens is 278 g/mol. The maximum atomic E-state index is 3.44. The van der Waals surface area contributed by atoms with Crippen LogP contribution >= 0.6 is 0 Å². The van der Waals surface area contributed by atoms with Gasteiger partial charge in [0.1, 0.15) is 0 Å². The van der Waals surface area contributed by atoms with Gasteiger partial charge in [-0.2, -0.15) is 0 Å². The van der Waals surface area contributed by atoms with E-state index in [1.807, 2.05) is 6.20 Å². The van der Waals surface area contributed by atoms with Gasteiger partial charge in [0.2, 0.25) is 0 Å². The van der Waals surface area contributed by atoms with E-state index in [0.29, 0.717) is 0 Å². The Kier molecular flexibility index (Phi) is 3.27. The number of fused-ring (bicyclic) bond motifs is 1. The molecule has 0 fully saturated rings. The van der Waals surface area contributed by atoms with E-state index in [9.17, 15) is 0 Å². The third kappa shape index (κ3) is 2.25. The van der Waals surface area contributed by atoms with Crippen molar-refractivity contribution in [1.82, 2.24) is 4.98 Å². The third-order valence-corrected chi connectivity index (χ3v) is 4.59. The number of H-pyrrole nitrogens is 1. The number of nitrogens with one attached hydrogen (secondary N) is 1. The van der Waals surface area contributed by atoms with Crippen LogP contribution in [0.25, 0.3) is 33.2 Å². The Bertz CT molecular complexity index is 912. The predicted molar refractivity (Wildman–Crippen MR) is 98.6 cm³/mol. The Hall–Kier alpha value is -2.80. The fourth-order valence-corrected chi connectivity index (χ4v) is 3.37. The van der Waals surface area contributed by atoms with Gasteiger partial charge >= 0.3 is 0 Å². The Morgan fingerprint density at radius 2 is 1.13 bits per heavy atom. The minimum absolute atomic E-state index is 1.21. The minimum Gasteiger partial charge on any atom is -0.361 e. The lowest BCUT2D eigenvalue weighted by Crippen LogP contribution is -1.88. The van der Waals surface area contributed by atoms with Crippen LogP contribution in [0, 0.1) is 13.8 Å². The number of aryl methyl sites for hydroxylation is 2. The van der Waals surface area contributed by atoms with Gasteiger partial charge in [-0.05, 0) is 47.7 Å². The van der Waals surface area contributed by atoms with Gasteiger partial charge in [0.05, 0.1) is 5.52 Å². The van der Waals surface area contributed by atoms with Crippen LogP contribution in [0.2, 0.25) is 0 Å². The second-order valence-corrected chi connectivity index (χ2v) is 6.06. The predicted octanol–water partition coefficient (Wildman–Crippen LogP) is 6.12. The van der Waals surface area contributed by atoms with E-state index in [1.165, 1.54) is 44.3 Å². The molecule has 3 aromatic carbocycles. The molecule has 0 radical (unpaired) electrons. The summed E-state index contributed by atoms with van der Waals surface area (Å²) in [6.45, 7) is 4.34. The van der Waals surface area contributed by atoms with Crippen molar-refractivity contribution < 1.29 is 0 Å². The van der Waals surface area contributed by atoms with Crippen molar-refractivity contribution in [1.29, 1.82) is 0 Å². The summed E-state index contributed by atoms with van der Waals surface area (Å²) >= 11 is 0. The van der Waals surface area contributed by atoms with Crippen molar-refractivity contribution >= 4 is 10.9 Å². The average molecular weight is 297 g/mol. The maximum absolute atomic E-state index is 3.44. The summed E-state index contributed by atoms with van der Waals surface area (Å²) in [7, 11) is 0. The lowest BCUT2D eigenvalue weighted by Gasteiger charge is -2.12. The van der Waals surface area contributed by atoms with Crippen molar-refractivity contribution in [3.05, 3.63) is 84.1 Å². The van der Waals surface area contributed by atoms with E-state index in [4.69, 9.17) is 0 Å². The Morgan fingerprint density at radius 3 is 1.78 bits per heavy atom. The molecule has 0 aliphatic heterocycles. The maximum Gasteiger partial charge on any atom is 0.0539 e. The summed E-state index contributed by atoms with van der Waals surface area (Å²) < 4.78 is 0. The average Bonchev–Trinajstić information content (AvgIpc) is 3.05. The zero-order valence-corrected chi connectivity index (χ0v) is 13.4. The van der Waals surface area contributed by atoms with Crippen molar-refractivity contribution in [2.24, 2.45) is 0 Å². The van der Waals surface area contributed by atoms with Crippen LogP contribution in [-0.4, -0.2) is 4.98 Å². The molecule has 1 N–H and O–H groups in total. The molecule has 0 bridgehead atoms. The smallest absolute Gasteiger partial charge is 0.0539 e. The summed E-state index contributed by atoms with van der Waals surface area (Å²) in [5.74, 6) is 0. The summed E-state index contributed by atoms with van der Waals surface area (Å²) in [5, 5.41) is 1.28. The van der Waals surface area contributed by atoms with E-state index in [0.717, 1.165) is 0 Å². The van der Waals surface area contributed by atoms with E-state index >= 15 is 0 Å². The van der Waals surface area contributed by atoms with E-state index in [1.54, 1.807) is 0 Å². The molecule has 1 nitrogen and oxygen atoms in total. The Morgan fingerprint density at radius 1 is 0.565 bits per heavy atom. The second kappa shape index (κ2) is 5.44. The van der Waals surface area contributed by atoms with Gasteiger partial charge in [0, 0.05) is 17.1 Å². The fourth-order valence-electron chi connectivity index (χ4n) is 3.37. The summed E-state index contributed by atoms with van der Waals surface area (Å²) in [6.07, 6.45) is 2.04. The fraction of sp³-hybridized carbons (Fsp3) is 0.0909. The second-order valence-electron chi connectivity index (χ2n) is 6.06. The van der Waals surface area contributed by atoms with Gasteiger partial charge in [0.25, 0.3) is 0 Å². The Labute approximate surface area is 136 Å². The molecule has 0 aliphatic carbocycles. The molecule has 23 heavy (non-hydrogen) atoms. The molecule has 0 amide bonds. The quantitative estimate of drug-likeness (QED) is 0.459. The molecule has 0 spiro atoms. The zero-order valence-electron chi connectivity index (χ0n) is 13.4. The van der Waals surface area contributed by atoms with Crippen molar-refractivity contribution in [3.8, 4) is 22.3 Å². The topological polar surface area (TPSA) is 15.8 Å². The molecule has 1 aromatic heterocycles. The molecule has 0 unspecified atom stereocenters. The molecule has 0 aliphatic rings. The van der Waals surface area contributed by atoms with Crippen LogP contribution in [0.15, 0.2) is 72.9 Å². The van der Waals surface area contributed by atoms with Gasteiger partial charge in [-0.1, -0.05) is 60.7 Å². The number of aromatic amines is 1. The Balaban J connectivity index is 2.00. The van der Waals surface area contributed by atoms with E-state index in [-0.39, 0.29) is 0 Å². The summed E-state index contributed by atoms with van der Waals surface area (Å²) in [5.41, 5.74) is 8.95. The van der Waals surface area contributed by atoms with E-state index in [2.05, 4.69) is 85.6 Å². The van der Waals surface area contributed by atoms with Crippen LogP contribution in [0.3, 0.4) is 0 Å². The first-order chi connectivity index (χ1) is 11.3. The number of rotatable bonds is 2. The van der Waals surface area contributed by atoms with Crippen LogP contribution in [-0.2, 0) is 0 Å². The van der Waals surface area contributed by atoms with Crippen molar-refractivity contribution in [2.45, 2.75) is 13.8 Å². The largest absolute Gasteiger partial charge is 0.361 e. The van der Waals surface area contributed by atoms with Gasteiger partial charge in [0.15, 0.2) is 0 Å². The molecule has 0 saturated heterocycles. The van der Waals surface area contributed by atoms with Gasteiger partial charge < -0.3 is 4.98 Å². The van der Waals surface area contributed by atoms with Crippen molar-refractivity contribution in [3.63, 3.8) is 0 Å². The first-order valence-electron chi connectivity index (χ1n) is 7.98.